The van der Waals surface area contributed by atoms with Crippen molar-refractivity contribution in [3.05, 3.63) is 95.3 Å². The molecule has 0 fully saturated rings. The van der Waals surface area contributed by atoms with Crippen molar-refractivity contribution in [3.8, 4) is 5.69 Å². The second-order valence-corrected chi connectivity index (χ2v) is 7.49. The summed E-state index contributed by atoms with van der Waals surface area (Å²) in [6, 6.07) is 12.8. The molecule has 1 aliphatic carbocycles. The molecule has 1 aliphatic rings. The monoisotopic (exact) mass is 382 g/mol. The van der Waals surface area contributed by atoms with Crippen molar-refractivity contribution in [3.63, 3.8) is 0 Å². The number of benzene rings is 1. The maximum Gasteiger partial charge on any atom is 0.219 e. The molecule has 0 bridgehead atoms. The fourth-order valence-corrected chi connectivity index (χ4v) is 4.01. The van der Waals surface area contributed by atoms with Gasteiger partial charge in [0.15, 0.2) is 0 Å². The molecular formula is C23H22N6. The van der Waals surface area contributed by atoms with Crippen LogP contribution in [-0.2, 0) is 19.3 Å². The number of aryl methyl sites for hydroxylation is 3. The van der Waals surface area contributed by atoms with Crippen LogP contribution in [0, 0.1) is 0 Å². The Labute approximate surface area is 169 Å². The maximum atomic E-state index is 5.55. The second-order valence-electron chi connectivity index (χ2n) is 7.49. The van der Waals surface area contributed by atoms with Crippen LogP contribution >= 0.6 is 0 Å². The third-order valence-electron chi connectivity index (χ3n) is 5.53. The Morgan fingerprint density at radius 1 is 0.966 bits per heavy atom. The first-order chi connectivity index (χ1) is 14.3. The average molecular weight is 382 g/mol. The molecule has 3 heterocycles. The van der Waals surface area contributed by atoms with E-state index in [0.29, 0.717) is 11.9 Å². The van der Waals surface area contributed by atoms with E-state index >= 15 is 0 Å². The van der Waals surface area contributed by atoms with Gasteiger partial charge in [-0.2, -0.15) is 5.10 Å². The lowest BCUT2D eigenvalue weighted by Gasteiger charge is -2.10. The summed E-state index contributed by atoms with van der Waals surface area (Å²) in [5, 5.41) is 4.93. The molecule has 1 aromatic carbocycles. The van der Waals surface area contributed by atoms with Crippen LogP contribution in [0.25, 0.3) is 5.69 Å². The Balaban J connectivity index is 1.36. The molecule has 0 saturated carbocycles. The third kappa shape index (κ3) is 3.61. The van der Waals surface area contributed by atoms with E-state index in [-0.39, 0.29) is 0 Å². The van der Waals surface area contributed by atoms with Crippen LogP contribution in [0.1, 0.15) is 40.3 Å². The first kappa shape index (κ1) is 17.6. The SMILES string of the molecule is Nc1ncc(CCc2cncc(-n3cc4c(n3)[C@H](c3ccccc3)CC4)c2)cn1. The van der Waals surface area contributed by atoms with Gasteiger partial charge in [-0.1, -0.05) is 30.3 Å². The van der Waals surface area contributed by atoms with Gasteiger partial charge in [-0.3, -0.25) is 4.98 Å². The zero-order valence-corrected chi connectivity index (χ0v) is 16.1. The van der Waals surface area contributed by atoms with Gasteiger partial charge >= 0.3 is 0 Å². The molecule has 4 aromatic rings. The predicted octanol–water partition coefficient (Wildman–Crippen LogP) is 3.50. The number of anilines is 1. The molecule has 29 heavy (non-hydrogen) atoms. The fraction of sp³-hybridized carbons (Fsp3) is 0.217. The van der Waals surface area contributed by atoms with Crippen LogP contribution in [0.3, 0.4) is 0 Å². The topological polar surface area (TPSA) is 82.5 Å². The Morgan fingerprint density at radius 3 is 2.59 bits per heavy atom. The lowest BCUT2D eigenvalue weighted by atomic mass is 9.97. The van der Waals surface area contributed by atoms with E-state index in [2.05, 4.69) is 57.5 Å². The van der Waals surface area contributed by atoms with Crippen molar-refractivity contribution < 1.29 is 0 Å². The zero-order chi connectivity index (χ0) is 19.6. The van der Waals surface area contributed by atoms with Crippen LogP contribution in [0.5, 0.6) is 0 Å². The number of nitrogen functional groups attached to an aromatic ring is 1. The van der Waals surface area contributed by atoms with Gasteiger partial charge in [-0.05, 0) is 54.0 Å². The maximum absolute atomic E-state index is 5.55. The smallest absolute Gasteiger partial charge is 0.219 e. The molecule has 1 atom stereocenters. The summed E-state index contributed by atoms with van der Waals surface area (Å²) in [5.41, 5.74) is 12.6. The van der Waals surface area contributed by atoms with Gasteiger partial charge in [0.25, 0.3) is 0 Å². The van der Waals surface area contributed by atoms with E-state index in [0.717, 1.165) is 42.5 Å². The molecule has 0 unspecified atom stereocenters. The van der Waals surface area contributed by atoms with Crippen LogP contribution in [-0.4, -0.2) is 24.7 Å². The Hall–Kier alpha value is -3.54. The highest BCUT2D eigenvalue weighted by atomic mass is 15.3. The van der Waals surface area contributed by atoms with E-state index in [1.807, 2.05) is 17.1 Å². The van der Waals surface area contributed by atoms with E-state index in [1.54, 1.807) is 12.4 Å². The molecule has 2 N–H and O–H groups in total. The number of aromatic nitrogens is 5. The molecule has 0 radical (unpaired) electrons. The van der Waals surface area contributed by atoms with Gasteiger partial charge < -0.3 is 5.73 Å². The van der Waals surface area contributed by atoms with Gasteiger partial charge in [-0.25, -0.2) is 14.6 Å². The van der Waals surface area contributed by atoms with Crippen LogP contribution < -0.4 is 5.73 Å². The Bertz CT molecular complexity index is 1120. The quantitative estimate of drug-likeness (QED) is 0.571. The minimum atomic E-state index is 0.304. The first-order valence-corrected chi connectivity index (χ1v) is 9.90. The molecule has 0 saturated heterocycles. The number of pyridine rings is 1. The summed E-state index contributed by atoms with van der Waals surface area (Å²) in [6.07, 6.45) is 13.4. The van der Waals surface area contributed by atoms with Crippen LogP contribution in [0.4, 0.5) is 5.95 Å². The minimum Gasteiger partial charge on any atom is -0.368 e. The number of hydrogen-bond acceptors (Lipinski definition) is 5. The van der Waals surface area contributed by atoms with E-state index in [9.17, 15) is 0 Å². The van der Waals surface area contributed by atoms with Gasteiger partial charge in [0, 0.05) is 30.7 Å². The molecule has 6 heteroatoms. The molecule has 0 spiro atoms. The standard InChI is InChI=1S/C23H22N6/c24-23-26-12-17(13-27-23)7-6-16-10-20(14-25-11-16)29-15-19-8-9-21(22(19)28-29)18-4-2-1-3-5-18/h1-5,10-15,21H,6-9H2,(H2,24,26,27)/t21-/m0/s1. The molecule has 3 aromatic heterocycles. The number of nitrogens with zero attached hydrogens (tertiary/aromatic N) is 5. The minimum absolute atomic E-state index is 0.304. The van der Waals surface area contributed by atoms with Crippen molar-refractivity contribution in [1.29, 1.82) is 0 Å². The molecule has 6 nitrogen and oxygen atoms in total. The van der Waals surface area contributed by atoms with Gasteiger partial charge in [-0.15, -0.1) is 0 Å². The summed E-state index contributed by atoms with van der Waals surface area (Å²) in [4.78, 5) is 12.5. The lowest BCUT2D eigenvalue weighted by molar-refractivity contribution is 0.725. The second kappa shape index (κ2) is 7.47. The molecule has 0 aliphatic heterocycles. The van der Waals surface area contributed by atoms with Crippen LogP contribution in [0.15, 0.2) is 67.4 Å². The highest BCUT2D eigenvalue weighted by Crippen LogP contribution is 2.37. The van der Waals surface area contributed by atoms with Crippen molar-refractivity contribution >= 4 is 5.95 Å². The molecular weight excluding hydrogens is 360 g/mol. The first-order valence-electron chi connectivity index (χ1n) is 9.90. The van der Waals surface area contributed by atoms with Crippen molar-refractivity contribution in [2.75, 3.05) is 5.73 Å². The van der Waals surface area contributed by atoms with E-state index < -0.39 is 0 Å². The number of hydrogen-bond donors (Lipinski definition) is 1. The third-order valence-corrected chi connectivity index (χ3v) is 5.53. The van der Waals surface area contributed by atoms with Crippen LogP contribution in [0.2, 0.25) is 0 Å². The van der Waals surface area contributed by atoms with Gasteiger partial charge in [0.2, 0.25) is 5.95 Å². The van der Waals surface area contributed by atoms with Crippen molar-refractivity contribution in [2.24, 2.45) is 0 Å². The fourth-order valence-electron chi connectivity index (χ4n) is 4.01. The highest BCUT2D eigenvalue weighted by molar-refractivity contribution is 5.40. The summed E-state index contributed by atoms with van der Waals surface area (Å²) < 4.78 is 1.97. The Morgan fingerprint density at radius 2 is 1.76 bits per heavy atom. The molecule has 0 amide bonds. The predicted molar refractivity (Wildman–Crippen MR) is 112 cm³/mol. The summed E-state index contributed by atoms with van der Waals surface area (Å²) in [7, 11) is 0. The van der Waals surface area contributed by atoms with Gasteiger partial charge in [0.1, 0.15) is 0 Å². The van der Waals surface area contributed by atoms with Gasteiger partial charge in [0.05, 0.1) is 17.6 Å². The molecule has 144 valence electrons. The number of nitrogens with two attached hydrogens (primary N) is 1. The summed E-state index contributed by atoms with van der Waals surface area (Å²) in [5.74, 6) is 0.687. The number of fused-ring (bicyclic) bond motifs is 1. The lowest BCUT2D eigenvalue weighted by Crippen LogP contribution is -2.03. The normalized spacial score (nSPS) is 15.4. The average Bonchev–Trinajstić information content (AvgIpc) is 3.35. The largest absolute Gasteiger partial charge is 0.368 e. The Kier molecular flexibility index (Phi) is 4.52. The van der Waals surface area contributed by atoms with Crippen molar-refractivity contribution in [2.45, 2.75) is 31.6 Å². The molecule has 5 rings (SSSR count). The zero-order valence-electron chi connectivity index (χ0n) is 16.1. The van der Waals surface area contributed by atoms with E-state index in [4.69, 9.17) is 10.8 Å². The number of rotatable bonds is 5. The summed E-state index contributed by atoms with van der Waals surface area (Å²) in [6.45, 7) is 0. The van der Waals surface area contributed by atoms with E-state index in [1.165, 1.54) is 16.8 Å². The highest BCUT2D eigenvalue weighted by Gasteiger charge is 2.27. The van der Waals surface area contributed by atoms with Crippen molar-refractivity contribution in [1.82, 2.24) is 24.7 Å². The summed E-state index contributed by atoms with van der Waals surface area (Å²) >= 11 is 0.